The molecule has 2 N–H and O–H groups in total. The van der Waals surface area contributed by atoms with Crippen molar-refractivity contribution in [1.82, 2.24) is 0 Å². The van der Waals surface area contributed by atoms with Crippen molar-refractivity contribution >= 4 is 22.5 Å². The summed E-state index contributed by atoms with van der Waals surface area (Å²) in [6.45, 7) is 2.22. The molecule has 0 aromatic heterocycles. The highest BCUT2D eigenvalue weighted by Crippen LogP contribution is 2.39. The summed E-state index contributed by atoms with van der Waals surface area (Å²) in [5.74, 6) is 1.09. The summed E-state index contributed by atoms with van der Waals surface area (Å²) in [6.07, 6.45) is 0. The van der Waals surface area contributed by atoms with Gasteiger partial charge in [0, 0.05) is 17.0 Å². The SMILES string of the molecule is CC1SCc2c(ccc3ccccc23)C1N. The Morgan fingerprint density at radius 2 is 2.00 bits per heavy atom. The van der Waals surface area contributed by atoms with Crippen LogP contribution >= 0.6 is 11.8 Å². The van der Waals surface area contributed by atoms with Crippen LogP contribution in [0.2, 0.25) is 0 Å². The first kappa shape index (κ1) is 10.2. The lowest BCUT2D eigenvalue weighted by atomic mass is 9.94. The van der Waals surface area contributed by atoms with Crippen molar-refractivity contribution in [2.24, 2.45) is 5.73 Å². The van der Waals surface area contributed by atoms with Gasteiger partial charge in [-0.1, -0.05) is 43.3 Å². The molecule has 1 aliphatic rings. The van der Waals surface area contributed by atoms with E-state index in [4.69, 9.17) is 5.73 Å². The number of benzene rings is 2. The summed E-state index contributed by atoms with van der Waals surface area (Å²) in [4.78, 5) is 0. The minimum absolute atomic E-state index is 0.179. The molecule has 1 heterocycles. The minimum Gasteiger partial charge on any atom is -0.323 e. The van der Waals surface area contributed by atoms with Gasteiger partial charge in [-0.2, -0.15) is 11.8 Å². The summed E-state index contributed by atoms with van der Waals surface area (Å²) in [5, 5.41) is 3.21. The van der Waals surface area contributed by atoms with E-state index in [1.165, 1.54) is 21.9 Å². The summed E-state index contributed by atoms with van der Waals surface area (Å²) >= 11 is 1.96. The second kappa shape index (κ2) is 3.79. The van der Waals surface area contributed by atoms with Crippen LogP contribution in [0.5, 0.6) is 0 Å². The topological polar surface area (TPSA) is 26.0 Å². The molecule has 0 saturated carbocycles. The molecule has 2 atom stereocenters. The van der Waals surface area contributed by atoms with Crippen molar-refractivity contribution in [2.75, 3.05) is 0 Å². The van der Waals surface area contributed by atoms with Crippen molar-refractivity contribution in [2.45, 2.75) is 24.0 Å². The van der Waals surface area contributed by atoms with Crippen LogP contribution in [0, 0.1) is 0 Å². The van der Waals surface area contributed by atoms with Gasteiger partial charge >= 0.3 is 0 Å². The normalized spacial score (nSPS) is 24.4. The summed E-state index contributed by atoms with van der Waals surface area (Å²) in [6, 6.07) is 13.2. The van der Waals surface area contributed by atoms with Crippen molar-refractivity contribution in [3.63, 3.8) is 0 Å². The second-order valence-corrected chi connectivity index (χ2v) is 5.76. The number of fused-ring (bicyclic) bond motifs is 3. The third kappa shape index (κ3) is 1.45. The zero-order chi connectivity index (χ0) is 11.1. The first-order valence-electron chi connectivity index (χ1n) is 5.65. The van der Waals surface area contributed by atoms with Gasteiger partial charge in [0.25, 0.3) is 0 Å². The number of hydrogen-bond donors (Lipinski definition) is 1. The maximum Gasteiger partial charge on any atom is 0.0416 e. The second-order valence-electron chi connectivity index (χ2n) is 4.40. The Labute approximate surface area is 100 Å². The van der Waals surface area contributed by atoms with Crippen LogP contribution in [0.3, 0.4) is 0 Å². The third-order valence-corrected chi connectivity index (χ3v) is 4.71. The number of rotatable bonds is 0. The van der Waals surface area contributed by atoms with E-state index in [0.29, 0.717) is 5.25 Å². The van der Waals surface area contributed by atoms with Gasteiger partial charge in [-0.15, -0.1) is 0 Å². The Hall–Kier alpha value is -0.990. The van der Waals surface area contributed by atoms with E-state index in [9.17, 15) is 0 Å². The third-order valence-electron chi connectivity index (χ3n) is 3.43. The maximum atomic E-state index is 6.26. The first-order valence-corrected chi connectivity index (χ1v) is 6.70. The molecule has 0 fully saturated rings. The zero-order valence-corrected chi connectivity index (χ0v) is 10.1. The fourth-order valence-corrected chi connectivity index (χ4v) is 3.50. The van der Waals surface area contributed by atoms with Crippen LogP contribution in [0.25, 0.3) is 10.8 Å². The van der Waals surface area contributed by atoms with E-state index in [0.717, 1.165) is 5.75 Å². The molecule has 0 bridgehead atoms. The molecule has 2 aromatic carbocycles. The Morgan fingerprint density at radius 1 is 1.19 bits per heavy atom. The van der Waals surface area contributed by atoms with E-state index in [1.807, 2.05) is 11.8 Å². The van der Waals surface area contributed by atoms with Gasteiger partial charge in [-0.3, -0.25) is 0 Å². The van der Waals surface area contributed by atoms with Gasteiger partial charge in [0.15, 0.2) is 0 Å². The highest BCUT2D eigenvalue weighted by atomic mass is 32.2. The van der Waals surface area contributed by atoms with Gasteiger partial charge in [0.05, 0.1) is 0 Å². The maximum absolute atomic E-state index is 6.26. The van der Waals surface area contributed by atoms with E-state index in [1.54, 1.807) is 0 Å². The van der Waals surface area contributed by atoms with Crippen molar-refractivity contribution in [3.05, 3.63) is 47.5 Å². The molecule has 0 saturated heterocycles. The van der Waals surface area contributed by atoms with Gasteiger partial charge < -0.3 is 5.73 Å². The Balaban J connectivity index is 2.27. The molecular formula is C14H15NS. The molecule has 1 nitrogen and oxygen atoms in total. The predicted octanol–water partition coefficient (Wildman–Crippen LogP) is 3.47. The largest absolute Gasteiger partial charge is 0.323 e. The van der Waals surface area contributed by atoms with E-state index >= 15 is 0 Å². The van der Waals surface area contributed by atoms with E-state index < -0.39 is 0 Å². The highest BCUT2D eigenvalue weighted by molar-refractivity contribution is 7.99. The van der Waals surface area contributed by atoms with Crippen LogP contribution in [-0.2, 0) is 5.75 Å². The van der Waals surface area contributed by atoms with Gasteiger partial charge in [0.1, 0.15) is 0 Å². The highest BCUT2D eigenvalue weighted by Gasteiger charge is 2.24. The fraction of sp³-hybridized carbons (Fsp3) is 0.286. The molecular weight excluding hydrogens is 214 g/mol. The standard InChI is InChI=1S/C14H15NS/c1-9-14(15)12-7-6-10-4-2-3-5-11(10)13(12)8-16-9/h2-7,9,14H,8,15H2,1H3. The number of nitrogens with two attached hydrogens (primary N) is 1. The molecule has 0 aliphatic carbocycles. The zero-order valence-electron chi connectivity index (χ0n) is 9.31. The van der Waals surface area contributed by atoms with Crippen LogP contribution in [0.4, 0.5) is 0 Å². The van der Waals surface area contributed by atoms with Crippen LogP contribution < -0.4 is 5.73 Å². The number of thioether (sulfide) groups is 1. The van der Waals surface area contributed by atoms with E-state index in [2.05, 4.69) is 43.3 Å². The molecule has 2 aromatic rings. The number of hydrogen-bond acceptors (Lipinski definition) is 2. The molecule has 82 valence electrons. The van der Waals surface area contributed by atoms with Crippen molar-refractivity contribution < 1.29 is 0 Å². The summed E-state index contributed by atoms with van der Waals surface area (Å²) in [5.41, 5.74) is 9.04. The Bertz CT molecular complexity index is 535. The molecule has 2 heteroatoms. The molecule has 0 spiro atoms. The lowest BCUT2D eigenvalue weighted by Gasteiger charge is -2.29. The molecule has 1 aliphatic heterocycles. The molecule has 2 unspecified atom stereocenters. The predicted molar refractivity (Wildman–Crippen MR) is 71.6 cm³/mol. The lowest BCUT2D eigenvalue weighted by molar-refractivity contribution is 0.700. The first-order chi connectivity index (χ1) is 7.77. The fourth-order valence-electron chi connectivity index (χ4n) is 2.40. The van der Waals surface area contributed by atoms with Gasteiger partial charge in [-0.05, 0) is 21.9 Å². The molecule has 0 radical (unpaired) electrons. The van der Waals surface area contributed by atoms with Crippen LogP contribution in [-0.4, -0.2) is 5.25 Å². The van der Waals surface area contributed by atoms with Crippen molar-refractivity contribution in [3.8, 4) is 0 Å². The van der Waals surface area contributed by atoms with Crippen molar-refractivity contribution in [1.29, 1.82) is 0 Å². The average molecular weight is 229 g/mol. The Kier molecular flexibility index (Phi) is 2.41. The molecule has 16 heavy (non-hydrogen) atoms. The molecule has 3 rings (SSSR count). The van der Waals surface area contributed by atoms with Crippen LogP contribution in [0.15, 0.2) is 36.4 Å². The van der Waals surface area contributed by atoms with Gasteiger partial charge in [0.2, 0.25) is 0 Å². The monoisotopic (exact) mass is 229 g/mol. The smallest absolute Gasteiger partial charge is 0.0416 e. The van der Waals surface area contributed by atoms with Gasteiger partial charge in [-0.25, -0.2) is 0 Å². The van der Waals surface area contributed by atoms with Crippen LogP contribution in [0.1, 0.15) is 24.1 Å². The molecule has 0 amide bonds. The lowest BCUT2D eigenvalue weighted by Crippen LogP contribution is -2.26. The summed E-state index contributed by atoms with van der Waals surface area (Å²) < 4.78 is 0. The quantitative estimate of drug-likeness (QED) is 0.748. The van der Waals surface area contributed by atoms with E-state index in [-0.39, 0.29) is 6.04 Å². The Morgan fingerprint density at radius 3 is 2.88 bits per heavy atom. The average Bonchev–Trinajstić information content (AvgIpc) is 2.33. The minimum atomic E-state index is 0.179. The summed E-state index contributed by atoms with van der Waals surface area (Å²) in [7, 11) is 0.